The highest BCUT2D eigenvalue weighted by atomic mass is 28.4. The zero-order chi connectivity index (χ0) is 29.4. The van der Waals surface area contributed by atoms with E-state index in [0.29, 0.717) is 30.0 Å². The standard InChI is InChI=1S/C30H42N2O6Si/c1-29(2,3)38-28(36)32-25-12-10-9-11-24(25)31-26(33)18-15-21-13-16-22(17-14-21)23(27(34)35)19-20-37-39(7,8)30(4,5)6/h9-18,23H,19-20H2,1-8H3,(H,31,33)(H,32,36)(H,34,35). The summed E-state index contributed by atoms with van der Waals surface area (Å²) in [5.74, 6) is -1.95. The molecule has 0 aromatic heterocycles. The molecule has 2 aromatic rings. The number of carbonyl (C=O) groups excluding carboxylic acids is 2. The first-order chi connectivity index (χ1) is 18.0. The molecule has 2 aromatic carbocycles. The van der Waals surface area contributed by atoms with Crippen LogP contribution in [0.5, 0.6) is 0 Å². The number of rotatable bonds is 10. The molecule has 0 radical (unpaired) electrons. The van der Waals surface area contributed by atoms with Gasteiger partial charge in [0.25, 0.3) is 0 Å². The lowest BCUT2D eigenvalue weighted by molar-refractivity contribution is -0.139. The number of carboxylic acid groups (broad SMARTS) is 1. The minimum absolute atomic E-state index is 0.0582. The van der Waals surface area contributed by atoms with Crippen LogP contribution in [0.25, 0.3) is 6.08 Å². The van der Waals surface area contributed by atoms with Crippen molar-refractivity contribution in [3.63, 3.8) is 0 Å². The van der Waals surface area contributed by atoms with Crippen LogP contribution in [-0.4, -0.2) is 43.6 Å². The molecule has 1 atom stereocenters. The summed E-state index contributed by atoms with van der Waals surface area (Å²) >= 11 is 0. The van der Waals surface area contributed by atoms with Crippen molar-refractivity contribution in [1.82, 2.24) is 0 Å². The average molecular weight is 555 g/mol. The largest absolute Gasteiger partial charge is 0.481 e. The molecule has 0 bridgehead atoms. The van der Waals surface area contributed by atoms with Gasteiger partial charge < -0.3 is 19.6 Å². The van der Waals surface area contributed by atoms with Crippen molar-refractivity contribution in [3.05, 3.63) is 65.7 Å². The highest BCUT2D eigenvalue weighted by Crippen LogP contribution is 2.37. The number of para-hydroxylation sites is 2. The highest BCUT2D eigenvalue weighted by molar-refractivity contribution is 6.74. The Kier molecular flexibility index (Phi) is 10.7. The molecule has 8 nitrogen and oxygen atoms in total. The quantitative estimate of drug-likeness (QED) is 0.210. The second-order valence-corrected chi connectivity index (χ2v) is 16.8. The van der Waals surface area contributed by atoms with Crippen molar-refractivity contribution >= 4 is 43.7 Å². The Labute approximate surface area is 232 Å². The summed E-state index contributed by atoms with van der Waals surface area (Å²) < 4.78 is 11.5. The predicted molar refractivity (Wildman–Crippen MR) is 159 cm³/mol. The third-order valence-corrected chi connectivity index (χ3v) is 11.1. The van der Waals surface area contributed by atoms with E-state index in [2.05, 4.69) is 44.5 Å². The summed E-state index contributed by atoms with van der Waals surface area (Å²) in [6, 6.07) is 13.9. The van der Waals surface area contributed by atoms with Crippen LogP contribution in [0, 0.1) is 0 Å². The Morgan fingerprint density at radius 3 is 2.00 bits per heavy atom. The van der Waals surface area contributed by atoms with Gasteiger partial charge in [0.2, 0.25) is 5.91 Å². The average Bonchev–Trinajstić information content (AvgIpc) is 2.80. The molecular weight excluding hydrogens is 512 g/mol. The number of amides is 2. The topological polar surface area (TPSA) is 114 Å². The number of benzene rings is 2. The molecule has 0 heterocycles. The third-order valence-electron chi connectivity index (χ3n) is 6.56. The fourth-order valence-electron chi connectivity index (χ4n) is 3.38. The molecule has 212 valence electrons. The van der Waals surface area contributed by atoms with Crippen LogP contribution >= 0.6 is 0 Å². The summed E-state index contributed by atoms with van der Waals surface area (Å²) in [5.41, 5.74) is 1.62. The van der Waals surface area contributed by atoms with Crippen LogP contribution in [0.3, 0.4) is 0 Å². The molecule has 0 aliphatic carbocycles. The molecule has 0 saturated carbocycles. The number of anilines is 2. The van der Waals surface area contributed by atoms with E-state index < -0.39 is 31.9 Å². The summed E-state index contributed by atoms with van der Waals surface area (Å²) in [4.78, 5) is 36.6. The van der Waals surface area contributed by atoms with Crippen LogP contribution in [0.2, 0.25) is 18.1 Å². The first-order valence-electron chi connectivity index (χ1n) is 13.0. The molecule has 3 N–H and O–H groups in total. The smallest absolute Gasteiger partial charge is 0.412 e. The maximum absolute atomic E-state index is 12.6. The predicted octanol–water partition coefficient (Wildman–Crippen LogP) is 7.27. The van der Waals surface area contributed by atoms with Crippen LogP contribution in [0.4, 0.5) is 16.2 Å². The summed E-state index contributed by atoms with van der Waals surface area (Å²) in [6.07, 6.45) is 2.78. The number of nitrogens with one attached hydrogen (secondary N) is 2. The van der Waals surface area contributed by atoms with Gasteiger partial charge in [-0.1, -0.05) is 57.2 Å². The van der Waals surface area contributed by atoms with Gasteiger partial charge in [-0.05, 0) is 74.7 Å². The second-order valence-electron chi connectivity index (χ2n) is 11.9. The summed E-state index contributed by atoms with van der Waals surface area (Å²) in [6.45, 7) is 16.4. The van der Waals surface area contributed by atoms with E-state index in [-0.39, 0.29) is 10.9 Å². The number of hydrogen-bond acceptors (Lipinski definition) is 5. The molecule has 9 heteroatoms. The molecule has 39 heavy (non-hydrogen) atoms. The maximum Gasteiger partial charge on any atom is 0.412 e. The first kappa shape index (κ1) is 31.8. The van der Waals surface area contributed by atoms with Gasteiger partial charge in [0.15, 0.2) is 8.32 Å². The number of ether oxygens (including phenoxy) is 1. The van der Waals surface area contributed by atoms with E-state index in [9.17, 15) is 19.5 Å². The zero-order valence-corrected chi connectivity index (χ0v) is 25.3. The number of carboxylic acids is 1. The van der Waals surface area contributed by atoms with Gasteiger partial charge in [0.05, 0.1) is 17.3 Å². The van der Waals surface area contributed by atoms with Crippen LogP contribution in [-0.2, 0) is 18.8 Å². The van der Waals surface area contributed by atoms with Gasteiger partial charge in [-0.25, -0.2) is 4.79 Å². The third kappa shape index (κ3) is 10.3. The van der Waals surface area contributed by atoms with Gasteiger partial charge in [-0.2, -0.15) is 0 Å². The zero-order valence-electron chi connectivity index (χ0n) is 24.3. The molecule has 0 aliphatic heterocycles. The molecule has 0 fully saturated rings. The lowest BCUT2D eigenvalue weighted by Crippen LogP contribution is -2.41. The number of carbonyl (C=O) groups is 3. The Bertz CT molecular complexity index is 1180. The maximum atomic E-state index is 12.6. The number of hydrogen-bond donors (Lipinski definition) is 3. The van der Waals surface area contributed by atoms with E-state index in [1.165, 1.54) is 6.08 Å². The Hall–Kier alpha value is -3.43. The molecule has 2 rings (SSSR count). The SMILES string of the molecule is CC(C)(C)OC(=O)Nc1ccccc1NC(=O)C=Cc1ccc(C(CCO[Si](C)(C)C(C)(C)C)C(=O)O)cc1. The molecule has 0 aliphatic rings. The molecule has 0 saturated heterocycles. The van der Waals surface area contributed by atoms with E-state index in [0.717, 1.165) is 5.56 Å². The van der Waals surface area contributed by atoms with Crippen LogP contribution < -0.4 is 10.6 Å². The monoisotopic (exact) mass is 554 g/mol. The summed E-state index contributed by atoms with van der Waals surface area (Å²) in [7, 11) is -1.95. The Balaban J connectivity index is 2.01. The fourth-order valence-corrected chi connectivity index (χ4v) is 4.44. The van der Waals surface area contributed by atoms with Crippen molar-refractivity contribution in [2.75, 3.05) is 17.2 Å². The van der Waals surface area contributed by atoms with Gasteiger partial charge in [-0.3, -0.25) is 14.9 Å². The lowest BCUT2D eigenvalue weighted by Gasteiger charge is -2.36. The van der Waals surface area contributed by atoms with Crippen LogP contribution in [0.15, 0.2) is 54.6 Å². The van der Waals surface area contributed by atoms with Crippen molar-refractivity contribution in [3.8, 4) is 0 Å². The van der Waals surface area contributed by atoms with Crippen molar-refractivity contribution in [2.45, 2.75) is 77.6 Å². The van der Waals surface area contributed by atoms with Crippen molar-refractivity contribution < 1.29 is 28.7 Å². The second kappa shape index (κ2) is 13.1. The molecule has 2 amide bonds. The minimum Gasteiger partial charge on any atom is -0.481 e. The molecule has 0 spiro atoms. The Morgan fingerprint density at radius 1 is 0.923 bits per heavy atom. The van der Waals surface area contributed by atoms with Gasteiger partial charge in [0, 0.05) is 12.7 Å². The fraction of sp³-hybridized carbons (Fsp3) is 0.433. The van der Waals surface area contributed by atoms with Gasteiger partial charge in [-0.15, -0.1) is 0 Å². The van der Waals surface area contributed by atoms with E-state index >= 15 is 0 Å². The van der Waals surface area contributed by atoms with E-state index in [1.54, 1.807) is 75.4 Å². The van der Waals surface area contributed by atoms with Gasteiger partial charge >= 0.3 is 12.1 Å². The Morgan fingerprint density at radius 2 is 1.49 bits per heavy atom. The minimum atomic E-state index is -1.95. The summed E-state index contributed by atoms with van der Waals surface area (Å²) in [5, 5.41) is 15.2. The normalized spacial score (nSPS) is 13.1. The van der Waals surface area contributed by atoms with Crippen LogP contribution in [0.1, 0.15) is 65.0 Å². The van der Waals surface area contributed by atoms with Crippen molar-refractivity contribution in [1.29, 1.82) is 0 Å². The van der Waals surface area contributed by atoms with Crippen molar-refractivity contribution in [2.24, 2.45) is 0 Å². The molecule has 1 unspecified atom stereocenters. The molecular formula is C30H42N2O6Si. The first-order valence-corrected chi connectivity index (χ1v) is 15.9. The number of aliphatic carboxylic acids is 1. The highest BCUT2D eigenvalue weighted by Gasteiger charge is 2.37. The van der Waals surface area contributed by atoms with E-state index in [4.69, 9.17) is 9.16 Å². The van der Waals surface area contributed by atoms with Gasteiger partial charge in [0.1, 0.15) is 5.60 Å². The lowest BCUT2D eigenvalue weighted by atomic mass is 9.95. The van der Waals surface area contributed by atoms with E-state index in [1.807, 2.05) is 0 Å².